The van der Waals surface area contributed by atoms with E-state index in [-0.39, 0.29) is 18.4 Å². The minimum absolute atomic E-state index is 0.0943. The summed E-state index contributed by atoms with van der Waals surface area (Å²) < 4.78 is 5.13. The van der Waals surface area contributed by atoms with Crippen molar-refractivity contribution < 1.29 is 14.3 Å². The van der Waals surface area contributed by atoms with E-state index in [9.17, 15) is 9.59 Å². The van der Waals surface area contributed by atoms with Crippen LogP contribution in [0.2, 0.25) is 0 Å². The average molecular weight is 457 g/mol. The topological polar surface area (TPSA) is 111 Å². The van der Waals surface area contributed by atoms with Gasteiger partial charge in [-0.3, -0.25) is 9.59 Å². The molecule has 0 unspecified atom stereocenters. The molecule has 0 aliphatic rings. The monoisotopic (exact) mass is 456 g/mol. The van der Waals surface area contributed by atoms with E-state index in [0.29, 0.717) is 34.1 Å². The van der Waals surface area contributed by atoms with Crippen LogP contribution in [0.25, 0.3) is 11.4 Å². The van der Waals surface area contributed by atoms with Crippen LogP contribution in [-0.4, -0.2) is 39.1 Å². The minimum atomic E-state index is -0.282. The number of nitrogens with one attached hydrogen (secondary N) is 2. The van der Waals surface area contributed by atoms with Gasteiger partial charge in [0.05, 0.1) is 12.8 Å². The number of hydrogen-bond acceptors (Lipinski definition) is 6. The van der Waals surface area contributed by atoms with Gasteiger partial charge in [0.2, 0.25) is 11.7 Å². The molecule has 1 aromatic heterocycles. The zero-order valence-corrected chi connectivity index (χ0v) is 18.9. The molecule has 0 bridgehead atoms. The van der Waals surface area contributed by atoms with Crippen molar-refractivity contribution >= 4 is 23.2 Å². The third-order valence-corrected chi connectivity index (χ3v) is 5.15. The Bertz CT molecular complexity index is 1280. The molecule has 0 saturated heterocycles. The molecule has 3 aromatic carbocycles. The lowest BCUT2D eigenvalue weighted by molar-refractivity contribution is -0.117. The number of ether oxygens (including phenoxy) is 1. The first-order chi connectivity index (χ1) is 16.6. The summed E-state index contributed by atoms with van der Waals surface area (Å²) in [6, 6.07) is 21.6. The molecule has 2 N–H and O–H groups in total. The number of benzene rings is 3. The van der Waals surface area contributed by atoms with Crippen molar-refractivity contribution in [1.29, 1.82) is 0 Å². The Morgan fingerprint density at radius 3 is 2.38 bits per heavy atom. The second-order valence-electron chi connectivity index (χ2n) is 7.47. The number of aryl methyl sites for hydroxylation is 1. The van der Waals surface area contributed by atoms with Crippen LogP contribution >= 0.6 is 0 Å². The number of aromatic nitrogens is 4. The van der Waals surface area contributed by atoms with E-state index >= 15 is 0 Å². The molecule has 4 aromatic rings. The number of carbonyl (C=O) groups excluding carboxylic acids is 2. The molecule has 2 amide bonds. The van der Waals surface area contributed by atoms with Crippen molar-refractivity contribution in [3.63, 3.8) is 0 Å². The second-order valence-corrected chi connectivity index (χ2v) is 7.47. The molecule has 0 spiro atoms. The van der Waals surface area contributed by atoms with E-state index in [1.54, 1.807) is 49.6 Å². The summed E-state index contributed by atoms with van der Waals surface area (Å²) in [6.07, 6.45) is 0.932. The van der Waals surface area contributed by atoms with Gasteiger partial charge in [-0.25, -0.2) is 0 Å². The number of anilines is 2. The highest BCUT2D eigenvalue weighted by Crippen LogP contribution is 2.25. The van der Waals surface area contributed by atoms with Crippen LogP contribution in [0.3, 0.4) is 0 Å². The summed E-state index contributed by atoms with van der Waals surface area (Å²) in [7, 11) is 1.57. The maximum absolute atomic E-state index is 12.7. The fourth-order valence-electron chi connectivity index (χ4n) is 3.29. The van der Waals surface area contributed by atoms with E-state index in [4.69, 9.17) is 4.74 Å². The lowest BCUT2D eigenvalue weighted by Crippen LogP contribution is -2.20. The van der Waals surface area contributed by atoms with Crippen LogP contribution in [0.15, 0.2) is 72.8 Å². The van der Waals surface area contributed by atoms with Crippen molar-refractivity contribution in [2.75, 3.05) is 17.7 Å². The van der Waals surface area contributed by atoms with Gasteiger partial charge >= 0.3 is 0 Å². The number of carbonyl (C=O) groups is 2. The van der Waals surface area contributed by atoms with Gasteiger partial charge in [0.1, 0.15) is 12.3 Å². The standard InChI is InChI=1S/C25H24N6O3/c1-3-17-8-12-19(13-9-17)26-23(32)16-31-29-24(28-30-31)21-6-4-5-7-22(21)27-25(33)18-10-14-20(34-2)15-11-18/h4-15H,3,16H2,1-2H3,(H,26,32)(H,27,33). The van der Waals surface area contributed by atoms with Crippen molar-refractivity contribution in [1.82, 2.24) is 20.2 Å². The summed E-state index contributed by atoms with van der Waals surface area (Å²) in [5, 5.41) is 18.1. The fourth-order valence-corrected chi connectivity index (χ4v) is 3.29. The highest BCUT2D eigenvalue weighted by atomic mass is 16.5. The van der Waals surface area contributed by atoms with Crippen molar-refractivity contribution in [2.24, 2.45) is 0 Å². The van der Waals surface area contributed by atoms with Gasteiger partial charge < -0.3 is 15.4 Å². The van der Waals surface area contributed by atoms with Gasteiger partial charge in [-0.15, -0.1) is 10.2 Å². The largest absolute Gasteiger partial charge is 0.497 e. The Morgan fingerprint density at radius 1 is 0.941 bits per heavy atom. The number of para-hydroxylation sites is 1. The molecule has 0 aliphatic carbocycles. The SMILES string of the molecule is CCc1ccc(NC(=O)Cn2nnc(-c3ccccc3NC(=O)c3ccc(OC)cc3)n2)cc1. The molecule has 1 heterocycles. The molecule has 0 radical (unpaired) electrons. The average Bonchev–Trinajstić information content (AvgIpc) is 3.33. The van der Waals surface area contributed by atoms with E-state index in [0.717, 1.165) is 6.42 Å². The fraction of sp³-hybridized carbons (Fsp3) is 0.160. The maximum atomic E-state index is 12.7. The van der Waals surface area contributed by atoms with Gasteiger partial charge in [-0.2, -0.15) is 4.80 Å². The van der Waals surface area contributed by atoms with Crippen LogP contribution in [-0.2, 0) is 17.8 Å². The smallest absolute Gasteiger partial charge is 0.255 e. The Balaban J connectivity index is 1.44. The lowest BCUT2D eigenvalue weighted by Gasteiger charge is -2.09. The Kier molecular flexibility index (Phi) is 6.92. The Morgan fingerprint density at radius 2 is 1.68 bits per heavy atom. The third kappa shape index (κ3) is 5.44. The number of amides is 2. The van der Waals surface area contributed by atoms with Crippen LogP contribution in [0.4, 0.5) is 11.4 Å². The van der Waals surface area contributed by atoms with Gasteiger partial charge in [-0.1, -0.05) is 31.2 Å². The van der Waals surface area contributed by atoms with Crippen molar-refractivity contribution in [3.8, 4) is 17.1 Å². The Labute approximate surface area is 196 Å². The third-order valence-electron chi connectivity index (χ3n) is 5.15. The molecular weight excluding hydrogens is 432 g/mol. The summed E-state index contributed by atoms with van der Waals surface area (Å²) in [6.45, 7) is 1.98. The molecular formula is C25H24N6O3. The molecule has 0 atom stereocenters. The molecule has 9 nitrogen and oxygen atoms in total. The summed E-state index contributed by atoms with van der Waals surface area (Å²) in [5.41, 5.74) is 3.50. The van der Waals surface area contributed by atoms with Crippen molar-refractivity contribution in [3.05, 3.63) is 83.9 Å². The first-order valence-corrected chi connectivity index (χ1v) is 10.8. The van der Waals surface area contributed by atoms with Crippen LogP contribution in [0, 0.1) is 0 Å². The Hall–Kier alpha value is -4.53. The summed E-state index contributed by atoms with van der Waals surface area (Å²) in [4.78, 5) is 26.3. The van der Waals surface area contributed by atoms with E-state index in [2.05, 4.69) is 33.0 Å². The van der Waals surface area contributed by atoms with Crippen LogP contribution in [0.1, 0.15) is 22.8 Å². The van der Waals surface area contributed by atoms with Crippen LogP contribution < -0.4 is 15.4 Å². The highest BCUT2D eigenvalue weighted by Gasteiger charge is 2.15. The van der Waals surface area contributed by atoms with Gasteiger partial charge in [0.15, 0.2) is 0 Å². The van der Waals surface area contributed by atoms with E-state index in [1.807, 2.05) is 30.3 Å². The molecule has 34 heavy (non-hydrogen) atoms. The van der Waals surface area contributed by atoms with Gasteiger partial charge in [0.25, 0.3) is 5.91 Å². The van der Waals surface area contributed by atoms with Crippen LogP contribution in [0.5, 0.6) is 5.75 Å². The molecule has 0 saturated carbocycles. The number of tetrazole rings is 1. The molecule has 0 aliphatic heterocycles. The minimum Gasteiger partial charge on any atom is -0.497 e. The number of hydrogen-bond donors (Lipinski definition) is 2. The normalized spacial score (nSPS) is 10.5. The van der Waals surface area contributed by atoms with E-state index < -0.39 is 0 Å². The second kappa shape index (κ2) is 10.4. The quantitative estimate of drug-likeness (QED) is 0.417. The highest BCUT2D eigenvalue weighted by molar-refractivity contribution is 6.06. The summed E-state index contributed by atoms with van der Waals surface area (Å²) >= 11 is 0. The molecule has 4 rings (SSSR count). The maximum Gasteiger partial charge on any atom is 0.255 e. The molecule has 9 heteroatoms. The van der Waals surface area contributed by atoms with Gasteiger partial charge in [0, 0.05) is 16.8 Å². The predicted octanol–water partition coefficient (Wildman–Crippen LogP) is 3.80. The van der Waals surface area contributed by atoms with E-state index in [1.165, 1.54) is 10.4 Å². The number of nitrogens with zero attached hydrogens (tertiary/aromatic N) is 4. The van der Waals surface area contributed by atoms with Gasteiger partial charge in [-0.05, 0) is 65.7 Å². The number of methoxy groups -OCH3 is 1. The first-order valence-electron chi connectivity index (χ1n) is 10.8. The lowest BCUT2D eigenvalue weighted by atomic mass is 10.1. The molecule has 0 fully saturated rings. The zero-order chi connectivity index (χ0) is 23.9. The number of rotatable bonds is 8. The van der Waals surface area contributed by atoms with Crippen molar-refractivity contribution in [2.45, 2.75) is 19.9 Å². The zero-order valence-electron chi connectivity index (χ0n) is 18.9. The molecule has 172 valence electrons. The predicted molar refractivity (Wildman–Crippen MR) is 129 cm³/mol. The summed E-state index contributed by atoms with van der Waals surface area (Å²) in [5.74, 6) is 0.413. The first kappa shape index (κ1) is 22.7.